The summed E-state index contributed by atoms with van der Waals surface area (Å²) in [6, 6.07) is 12.1. The molecule has 9 heteroatoms. The van der Waals surface area contributed by atoms with Crippen LogP contribution in [-0.4, -0.2) is 64.7 Å². The summed E-state index contributed by atoms with van der Waals surface area (Å²) in [5, 5.41) is 2.73. The van der Waals surface area contributed by atoms with Crippen LogP contribution in [0.3, 0.4) is 0 Å². The molecule has 1 aliphatic heterocycles. The van der Waals surface area contributed by atoms with Gasteiger partial charge < -0.3 is 19.5 Å². The third-order valence-electron chi connectivity index (χ3n) is 4.83. The maximum absolute atomic E-state index is 12.6. The van der Waals surface area contributed by atoms with E-state index in [0.29, 0.717) is 44.3 Å². The number of nitrogens with zero attached hydrogens (tertiary/aromatic N) is 1. The maximum Gasteiger partial charge on any atom is 0.258 e. The summed E-state index contributed by atoms with van der Waals surface area (Å²) in [6.45, 7) is 5.91. The molecule has 31 heavy (non-hydrogen) atoms. The molecule has 1 aliphatic rings. The number of rotatable bonds is 9. The zero-order chi connectivity index (χ0) is 22.3. The summed E-state index contributed by atoms with van der Waals surface area (Å²) >= 11 is 0. The molecule has 1 saturated heterocycles. The molecule has 1 heterocycles. The summed E-state index contributed by atoms with van der Waals surface area (Å²) in [6.07, 6.45) is 0. The lowest BCUT2D eigenvalue weighted by Gasteiger charge is -2.26. The van der Waals surface area contributed by atoms with Crippen LogP contribution in [-0.2, 0) is 19.6 Å². The lowest BCUT2D eigenvalue weighted by Crippen LogP contribution is -2.40. The number of hydrogen-bond acceptors (Lipinski definition) is 6. The summed E-state index contributed by atoms with van der Waals surface area (Å²) in [5.41, 5.74) is 2.04. The van der Waals surface area contributed by atoms with Crippen molar-refractivity contribution in [3.8, 4) is 11.5 Å². The largest absolute Gasteiger partial charge is 0.492 e. The van der Waals surface area contributed by atoms with Crippen molar-refractivity contribution in [2.45, 2.75) is 18.7 Å². The minimum atomic E-state index is -3.52. The second kappa shape index (κ2) is 10.6. The van der Waals surface area contributed by atoms with Gasteiger partial charge in [-0.05, 0) is 55.3 Å². The highest BCUT2D eigenvalue weighted by molar-refractivity contribution is 7.89. The van der Waals surface area contributed by atoms with E-state index < -0.39 is 10.0 Å². The standard InChI is InChI=1S/C22H28N2O6S/c1-17-3-4-18(2)21(15-17)30-16-22(25)23-9-12-29-19-5-7-20(8-6-19)31(26,27)24-10-13-28-14-11-24/h3-8,15H,9-14,16H2,1-2H3,(H,23,25). The van der Waals surface area contributed by atoms with Gasteiger partial charge in [-0.3, -0.25) is 4.79 Å². The Balaban J connectivity index is 1.40. The number of carbonyl (C=O) groups excluding carboxylic acids is 1. The third kappa shape index (κ3) is 6.43. The Labute approximate surface area is 183 Å². The van der Waals surface area contributed by atoms with Crippen molar-refractivity contribution in [1.29, 1.82) is 0 Å². The zero-order valence-electron chi connectivity index (χ0n) is 17.8. The van der Waals surface area contributed by atoms with E-state index in [2.05, 4.69) is 5.32 Å². The molecule has 0 aliphatic carbocycles. The van der Waals surface area contributed by atoms with E-state index in [9.17, 15) is 13.2 Å². The average molecular weight is 449 g/mol. The van der Waals surface area contributed by atoms with Gasteiger partial charge >= 0.3 is 0 Å². The maximum atomic E-state index is 12.6. The van der Waals surface area contributed by atoms with Crippen LogP contribution in [0.25, 0.3) is 0 Å². The fourth-order valence-electron chi connectivity index (χ4n) is 3.06. The van der Waals surface area contributed by atoms with Crippen molar-refractivity contribution in [2.75, 3.05) is 46.1 Å². The van der Waals surface area contributed by atoms with Gasteiger partial charge in [0.15, 0.2) is 6.61 Å². The first-order valence-corrected chi connectivity index (χ1v) is 11.6. The first-order chi connectivity index (χ1) is 14.9. The molecule has 2 aromatic carbocycles. The molecule has 1 N–H and O–H groups in total. The number of hydrogen-bond donors (Lipinski definition) is 1. The monoisotopic (exact) mass is 448 g/mol. The predicted octanol–water partition coefficient (Wildman–Crippen LogP) is 1.90. The van der Waals surface area contributed by atoms with E-state index in [-0.39, 0.29) is 24.0 Å². The first kappa shape index (κ1) is 23.1. The zero-order valence-corrected chi connectivity index (χ0v) is 18.6. The Kier molecular flexibility index (Phi) is 7.89. The van der Waals surface area contributed by atoms with Crippen molar-refractivity contribution < 1.29 is 27.4 Å². The Morgan fingerprint density at radius 2 is 1.77 bits per heavy atom. The molecule has 0 radical (unpaired) electrons. The van der Waals surface area contributed by atoms with Crippen LogP contribution in [0, 0.1) is 13.8 Å². The summed E-state index contributed by atoms with van der Waals surface area (Å²) in [4.78, 5) is 12.2. The number of amides is 1. The van der Waals surface area contributed by atoms with E-state index in [1.165, 1.54) is 16.4 Å². The topological polar surface area (TPSA) is 94.2 Å². The van der Waals surface area contributed by atoms with Crippen molar-refractivity contribution in [3.05, 3.63) is 53.6 Å². The molecule has 1 amide bonds. The van der Waals surface area contributed by atoms with Gasteiger partial charge in [0.2, 0.25) is 10.0 Å². The lowest BCUT2D eigenvalue weighted by molar-refractivity contribution is -0.123. The van der Waals surface area contributed by atoms with E-state index >= 15 is 0 Å². The molecule has 0 aromatic heterocycles. The van der Waals surface area contributed by atoms with Crippen LogP contribution in [0.15, 0.2) is 47.4 Å². The fraction of sp³-hybridized carbons (Fsp3) is 0.409. The van der Waals surface area contributed by atoms with Gasteiger partial charge in [-0.15, -0.1) is 0 Å². The molecule has 0 atom stereocenters. The number of aryl methyl sites for hydroxylation is 2. The minimum absolute atomic E-state index is 0.0710. The van der Waals surface area contributed by atoms with Gasteiger partial charge in [0.1, 0.15) is 18.1 Å². The second-order valence-corrected chi connectivity index (χ2v) is 9.18. The van der Waals surface area contributed by atoms with Gasteiger partial charge in [0.05, 0.1) is 24.7 Å². The summed E-state index contributed by atoms with van der Waals surface area (Å²) < 4.78 is 43.0. The average Bonchev–Trinajstić information content (AvgIpc) is 2.78. The van der Waals surface area contributed by atoms with Gasteiger partial charge in [-0.1, -0.05) is 12.1 Å². The van der Waals surface area contributed by atoms with E-state index in [1.54, 1.807) is 12.1 Å². The molecule has 0 bridgehead atoms. The smallest absolute Gasteiger partial charge is 0.258 e. The molecule has 0 saturated carbocycles. The van der Waals surface area contributed by atoms with Gasteiger partial charge in [0, 0.05) is 13.1 Å². The highest BCUT2D eigenvalue weighted by Gasteiger charge is 2.26. The van der Waals surface area contributed by atoms with Crippen molar-refractivity contribution in [1.82, 2.24) is 9.62 Å². The Hall–Kier alpha value is -2.62. The number of carbonyl (C=O) groups is 1. The quantitative estimate of drug-likeness (QED) is 0.589. The minimum Gasteiger partial charge on any atom is -0.492 e. The Morgan fingerprint density at radius 3 is 2.48 bits per heavy atom. The molecule has 0 spiro atoms. The molecule has 3 rings (SSSR count). The van der Waals surface area contributed by atoms with Crippen LogP contribution in [0.5, 0.6) is 11.5 Å². The number of nitrogens with one attached hydrogen (secondary N) is 1. The summed E-state index contributed by atoms with van der Waals surface area (Å²) in [7, 11) is -3.52. The molecule has 0 unspecified atom stereocenters. The molecular weight excluding hydrogens is 420 g/mol. The summed E-state index contributed by atoms with van der Waals surface area (Å²) in [5.74, 6) is 0.983. The van der Waals surface area contributed by atoms with Crippen molar-refractivity contribution >= 4 is 15.9 Å². The van der Waals surface area contributed by atoms with Crippen LogP contribution in [0.2, 0.25) is 0 Å². The molecule has 8 nitrogen and oxygen atoms in total. The molecule has 1 fully saturated rings. The highest BCUT2D eigenvalue weighted by Crippen LogP contribution is 2.21. The van der Waals surface area contributed by atoms with E-state index in [4.69, 9.17) is 14.2 Å². The van der Waals surface area contributed by atoms with Gasteiger partial charge in [0.25, 0.3) is 5.91 Å². The fourth-order valence-corrected chi connectivity index (χ4v) is 4.47. The lowest BCUT2D eigenvalue weighted by atomic mass is 10.1. The van der Waals surface area contributed by atoms with Gasteiger partial charge in [-0.2, -0.15) is 4.31 Å². The number of sulfonamides is 1. The van der Waals surface area contributed by atoms with Crippen molar-refractivity contribution in [3.63, 3.8) is 0 Å². The molecule has 168 valence electrons. The molecule has 2 aromatic rings. The van der Waals surface area contributed by atoms with Crippen LogP contribution in [0.4, 0.5) is 0 Å². The normalized spacial score (nSPS) is 14.8. The third-order valence-corrected chi connectivity index (χ3v) is 6.74. The predicted molar refractivity (Wildman–Crippen MR) is 116 cm³/mol. The highest BCUT2D eigenvalue weighted by atomic mass is 32.2. The molecular formula is C22H28N2O6S. The number of ether oxygens (including phenoxy) is 3. The number of benzene rings is 2. The van der Waals surface area contributed by atoms with Gasteiger partial charge in [-0.25, -0.2) is 8.42 Å². The van der Waals surface area contributed by atoms with Crippen LogP contribution >= 0.6 is 0 Å². The Morgan fingerprint density at radius 1 is 1.06 bits per heavy atom. The van der Waals surface area contributed by atoms with Crippen LogP contribution in [0.1, 0.15) is 11.1 Å². The number of morpholine rings is 1. The van der Waals surface area contributed by atoms with Crippen LogP contribution < -0.4 is 14.8 Å². The first-order valence-electron chi connectivity index (χ1n) is 10.1. The van der Waals surface area contributed by atoms with E-state index in [0.717, 1.165) is 11.1 Å². The second-order valence-electron chi connectivity index (χ2n) is 7.24. The van der Waals surface area contributed by atoms with E-state index in [1.807, 2.05) is 32.0 Å². The Bertz CT molecular complexity index is 986. The SMILES string of the molecule is Cc1ccc(C)c(OCC(=O)NCCOc2ccc(S(=O)(=O)N3CCOCC3)cc2)c1. The van der Waals surface area contributed by atoms with Crippen molar-refractivity contribution in [2.24, 2.45) is 0 Å².